The van der Waals surface area contributed by atoms with Crippen molar-refractivity contribution in [2.75, 3.05) is 0 Å². The molecule has 0 bridgehead atoms. The number of aliphatic carboxylic acids is 1. The van der Waals surface area contributed by atoms with E-state index in [4.69, 9.17) is 5.11 Å². The largest absolute Gasteiger partial charge is 0.481 e. The first-order valence-electron chi connectivity index (χ1n) is 6.55. The van der Waals surface area contributed by atoms with Crippen LogP contribution in [0.3, 0.4) is 0 Å². The van der Waals surface area contributed by atoms with E-state index in [9.17, 15) is 4.79 Å². The Balaban J connectivity index is 3.34. The van der Waals surface area contributed by atoms with Gasteiger partial charge in [-0.15, -0.1) is 6.58 Å². The highest BCUT2D eigenvalue weighted by Crippen LogP contribution is 2.01. The van der Waals surface area contributed by atoms with Gasteiger partial charge in [0.05, 0.1) is 0 Å². The Morgan fingerprint density at radius 3 is 2.00 bits per heavy atom. The lowest BCUT2D eigenvalue weighted by Crippen LogP contribution is -1.92. The summed E-state index contributed by atoms with van der Waals surface area (Å²) < 4.78 is 0. The van der Waals surface area contributed by atoms with Crippen LogP contribution in [0.2, 0.25) is 0 Å². The predicted molar refractivity (Wildman–Crippen MR) is 77.6 cm³/mol. The van der Waals surface area contributed by atoms with Gasteiger partial charge >= 0.3 is 5.97 Å². The van der Waals surface area contributed by atoms with Gasteiger partial charge in [0.2, 0.25) is 0 Å². The van der Waals surface area contributed by atoms with E-state index in [0.717, 1.165) is 38.5 Å². The predicted octanol–water partition coefficient (Wildman–Crippen LogP) is 4.66. The fourth-order valence-electron chi connectivity index (χ4n) is 1.39. The molecule has 2 nitrogen and oxygen atoms in total. The summed E-state index contributed by atoms with van der Waals surface area (Å²) in [6, 6.07) is 0. The number of unbranched alkanes of at least 4 members (excludes halogenated alkanes) is 2. The molecule has 0 fully saturated rings. The summed E-state index contributed by atoms with van der Waals surface area (Å²) in [6.07, 6.45) is 20.5. The molecule has 0 heterocycles. The molecule has 0 unspecified atom stereocenters. The standard InChI is InChI=1S/C16H24O2/c1-2-3-4-5-6-7-8-9-10-11-12-13-14-15-16(17)18/h2,4-5,7-8,10-11H,1,3,6,9,12-15H2,(H,17,18)/b5-4?,8-7?,11-10-. The zero-order chi connectivity index (χ0) is 13.5. The van der Waals surface area contributed by atoms with E-state index in [0.29, 0.717) is 0 Å². The van der Waals surface area contributed by atoms with E-state index >= 15 is 0 Å². The van der Waals surface area contributed by atoms with Crippen LogP contribution in [0.5, 0.6) is 0 Å². The van der Waals surface area contributed by atoms with Gasteiger partial charge in [0.1, 0.15) is 0 Å². The van der Waals surface area contributed by atoms with E-state index in [1.807, 2.05) is 6.08 Å². The zero-order valence-electron chi connectivity index (χ0n) is 11.1. The van der Waals surface area contributed by atoms with Crippen molar-refractivity contribution < 1.29 is 9.90 Å². The third-order valence-corrected chi connectivity index (χ3v) is 2.36. The number of hydrogen-bond acceptors (Lipinski definition) is 1. The summed E-state index contributed by atoms with van der Waals surface area (Å²) in [4.78, 5) is 10.3. The van der Waals surface area contributed by atoms with E-state index < -0.39 is 5.97 Å². The maximum Gasteiger partial charge on any atom is 0.303 e. The van der Waals surface area contributed by atoms with Crippen LogP contribution < -0.4 is 0 Å². The fraction of sp³-hybridized carbons (Fsp3) is 0.438. The number of rotatable bonds is 11. The summed E-state index contributed by atoms with van der Waals surface area (Å²) in [6.45, 7) is 3.65. The zero-order valence-corrected chi connectivity index (χ0v) is 11.1. The highest BCUT2D eigenvalue weighted by molar-refractivity contribution is 5.66. The first-order valence-corrected chi connectivity index (χ1v) is 6.55. The van der Waals surface area contributed by atoms with Crippen LogP contribution >= 0.6 is 0 Å². The lowest BCUT2D eigenvalue weighted by Gasteiger charge is -1.92. The Hall–Kier alpha value is -1.57. The first-order chi connectivity index (χ1) is 8.77. The summed E-state index contributed by atoms with van der Waals surface area (Å²) in [5, 5.41) is 8.45. The van der Waals surface area contributed by atoms with Gasteiger partial charge in [-0.1, -0.05) is 42.5 Å². The van der Waals surface area contributed by atoms with Crippen molar-refractivity contribution in [2.45, 2.75) is 44.9 Å². The van der Waals surface area contributed by atoms with Crippen molar-refractivity contribution in [3.63, 3.8) is 0 Å². The highest BCUT2D eigenvalue weighted by Gasteiger charge is 1.93. The van der Waals surface area contributed by atoms with Gasteiger partial charge in [0.25, 0.3) is 0 Å². The Morgan fingerprint density at radius 1 is 0.889 bits per heavy atom. The van der Waals surface area contributed by atoms with Crippen LogP contribution in [0.4, 0.5) is 0 Å². The Kier molecular flexibility index (Phi) is 12.3. The molecule has 0 aromatic carbocycles. The minimum atomic E-state index is -0.702. The summed E-state index contributed by atoms with van der Waals surface area (Å²) in [5.74, 6) is -0.702. The molecule has 0 saturated heterocycles. The van der Waals surface area contributed by atoms with E-state index in [-0.39, 0.29) is 6.42 Å². The van der Waals surface area contributed by atoms with Crippen molar-refractivity contribution in [3.05, 3.63) is 49.1 Å². The highest BCUT2D eigenvalue weighted by atomic mass is 16.4. The Morgan fingerprint density at radius 2 is 1.44 bits per heavy atom. The monoisotopic (exact) mass is 248 g/mol. The minimum absolute atomic E-state index is 0.283. The maximum atomic E-state index is 10.3. The maximum absolute atomic E-state index is 10.3. The Labute approximate surface area is 110 Å². The van der Waals surface area contributed by atoms with Crippen molar-refractivity contribution in [3.8, 4) is 0 Å². The molecule has 0 aliphatic rings. The molecule has 0 amide bonds. The van der Waals surface area contributed by atoms with Gasteiger partial charge < -0.3 is 5.11 Å². The molecular weight excluding hydrogens is 224 g/mol. The second-order valence-corrected chi connectivity index (χ2v) is 4.05. The lowest BCUT2D eigenvalue weighted by molar-refractivity contribution is -0.137. The van der Waals surface area contributed by atoms with Gasteiger partial charge in [-0.3, -0.25) is 4.79 Å². The van der Waals surface area contributed by atoms with Crippen LogP contribution in [-0.4, -0.2) is 11.1 Å². The average molecular weight is 248 g/mol. The van der Waals surface area contributed by atoms with Crippen LogP contribution in [0.15, 0.2) is 49.1 Å². The van der Waals surface area contributed by atoms with Crippen molar-refractivity contribution in [1.82, 2.24) is 0 Å². The number of hydrogen-bond donors (Lipinski definition) is 1. The topological polar surface area (TPSA) is 37.3 Å². The number of carboxylic acid groups (broad SMARTS) is 1. The number of carbonyl (C=O) groups is 1. The molecule has 0 radical (unpaired) electrons. The molecule has 0 aromatic rings. The fourth-order valence-corrected chi connectivity index (χ4v) is 1.39. The molecule has 0 rings (SSSR count). The number of allylic oxidation sites excluding steroid dienone is 7. The van der Waals surface area contributed by atoms with Crippen molar-refractivity contribution in [2.24, 2.45) is 0 Å². The molecule has 0 spiro atoms. The molecule has 2 heteroatoms. The Bertz CT molecular complexity index is 298. The van der Waals surface area contributed by atoms with Crippen molar-refractivity contribution >= 4 is 5.97 Å². The van der Waals surface area contributed by atoms with Crippen LogP contribution in [0.25, 0.3) is 0 Å². The molecule has 100 valence electrons. The summed E-state index contributed by atoms with van der Waals surface area (Å²) in [7, 11) is 0. The van der Waals surface area contributed by atoms with Crippen LogP contribution in [0.1, 0.15) is 44.9 Å². The normalized spacial score (nSPS) is 11.8. The molecule has 0 aliphatic carbocycles. The number of carboxylic acids is 1. The quantitative estimate of drug-likeness (QED) is 0.426. The van der Waals surface area contributed by atoms with Gasteiger partial charge in [-0.2, -0.15) is 0 Å². The van der Waals surface area contributed by atoms with Gasteiger partial charge in [0.15, 0.2) is 0 Å². The molecular formula is C16H24O2. The smallest absolute Gasteiger partial charge is 0.303 e. The van der Waals surface area contributed by atoms with Crippen LogP contribution in [0, 0.1) is 0 Å². The second-order valence-electron chi connectivity index (χ2n) is 4.05. The van der Waals surface area contributed by atoms with E-state index in [1.165, 1.54) is 0 Å². The second kappa shape index (κ2) is 13.5. The molecule has 0 aromatic heterocycles. The minimum Gasteiger partial charge on any atom is -0.481 e. The molecule has 0 saturated carbocycles. The van der Waals surface area contributed by atoms with Gasteiger partial charge in [-0.05, 0) is 38.5 Å². The van der Waals surface area contributed by atoms with Gasteiger partial charge in [-0.25, -0.2) is 0 Å². The molecule has 18 heavy (non-hydrogen) atoms. The van der Waals surface area contributed by atoms with E-state index in [1.54, 1.807) is 0 Å². The first kappa shape index (κ1) is 16.4. The van der Waals surface area contributed by atoms with Gasteiger partial charge in [0, 0.05) is 6.42 Å². The molecule has 0 aliphatic heterocycles. The van der Waals surface area contributed by atoms with E-state index in [2.05, 4.69) is 43.0 Å². The lowest BCUT2D eigenvalue weighted by atomic mass is 10.2. The SMILES string of the molecule is C=CCC=CCC=CC/C=C\CCCCC(=O)O. The molecule has 1 N–H and O–H groups in total. The third kappa shape index (κ3) is 14.4. The van der Waals surface area contributed by atoms with Crippen LogP contribution in [-0.2, 0) is 4.79 Å². The summed E-state index contributed by atoms with van der Waals surface area (Å²) >= 11 is 0. The third-order valence-electron chi connectivity index (χ3n) is 2.36. The molecule has 0 atom stereocenters. The average Bonchev–Trinajstić information content (AvgIpc) is 2.34. The summed E-state index contributed by atoms with van der Waals surface area (Å²) in [5.41, 5.74) is 0. The van der Waals surface area contributed by atoms with Crippen molar-refractivity contribution in [1.29, 1.82) is 0 Å².